The Labute approximate surface area is 121 Å². The van der Waals surface area contributed by atoms with Crippen LogP contribution in [0.1, 0.15) is 47.4 Å². The summed E-state index contributed by atoms with van der Waals surface area (Å²) in [7, 11) is 0. The van der Waals surface area contributed by atoms with Gasteiger partial charge in [-0.25, -0.2) is 0 Å². The summed E-state index contributed by atoms with van der Waals surface area (Å²) in [6, 6.07) is 17.3. The molecule has 1 unspecified atom stereocenters. The summed E-state index contributed by atoms with van der Waals surface area (Å²) in [6.07, 6.45) is 0.878. The maximum absolute atomic E-state index is 6.51. The second kappa shape index (κ2) is 6.25. The van der Waals surface area contributed by atoms with Gasteiger partial charge in [-0.05, 0) is 36.0 Å². The molecule has 0 nitrogen and oxygen atoms in total. The molecule has 0 amide bonds. The molecule has 0 saturated carbocycles. The molecule has 0 aliphatic heterocycles. The molecule has 2 aromatic rings. The van der Waals surface area contributed by atoms with Crippen molar-refractivity contribution in [3.05, 3.63) is 70.8 Å². The van der Waals surface area contributed by atoms with Crippen LogP contribution in [-0.2, 0) is 6.42 Å². The van der Waals surface area contributed by atoms with Crippen LogP contribution in [0.25, 0.3) is 0 Å². The van der Waals surface area contributed by atoms with E-state index in [1.54, 1.807) is 0 Å². The average molecular weight is 273 g/mol. The molecule has 0 spiro atoms. The third kappa shape index (κ3) is 3.84. The second-order valence-corrected chi connectivity index (χ2v) is 6.01. The topological polar surface area (TPSA) is 0 Å². The van der Waals surface area contributed by atoms with E-state index in [2.05, 4.69) is 69.3 Å². The standard InChI is InChI=1S/C18H21Cl/c1-13(2)16-8-10-17(11-9-16)18(19)12-15-6-4-14(3)5-7-15/h4-11,13,18H,12H2,1-3H3. The van der Waals surface area contributed by atoms with Gasteiger partial charge in [0.25, 0.3) is 0 Å². The number of halogens is 1. The van der Waals surface area contributed by atoms with E-state index in [0.29, 0.717) is 5.92 Å². The lowest BCUT2D eigenvalue weighted by molar-refractivity contribution is 0.860. The smallest absolute Gasteiger partial charge is 0.0625 e. The minimum atomic E-state index is 0.0453. The molecule has 19 heavy (non-hydrogen) atoms. The van der Waals surface area contributed by atoms with Crippen LogP contribution in [0.15, 0.2) is 48.5 Å². The maximum Gasteiger partial charge on any atom is 0.0625 e. The Morgan fingerprint density at radius 2 is 1.37 bits per heavy atom. The Bertz CT molecular complexity index is 508. The van der Waals surface area contributed by atoms with E-state index in [4.69, 9.17) is 11.6 Å². The SMILES string of the molecule is Cc1ccc(CC(Cl)c2ccc(C(C)C)cc2)cc1. The molecule has 0 heterocycles. The summed E-state index contributed by atoms with van der Waals surface area (Å²) in [5.74, 6) is 0.569. The largest absolute Gasteiger partial charge is 0.117 e. The average Bonchev–Trinajstić information content (AvgIpc) is 2.41. The first-order valence-corrected chi connectivity index (χ1v) is 7.29. The summed E-state index contributed by atoms with van der Waals surface area (Å²) < 4.78 is 0. The number of benzene rings is 2. The van der Waals surface area contributed by atoms with Crippen LogP contribution in [0, 0.1) is 6.92 Å². The summed E-state index contributed by atoms with van der Waals surface area (Å²) in [5.41, 5.74) is 5.14. The Hall–Kier alpha value is -1.27. The Morgan fingerprint density at radius 3 is 1.89 bits per heavy atom. The van der Waals surface area contributed by atoms with E-state index < -0.39 is 0 Å². The molecule has 0 saturated heterocycles. The fraction of sp³-hybridized carbons (Fsp3) is 0.333. The lowest BCUT2D eigenvalue weighted by Gasteiger charge is -2.12. The molecule has 0 aliphatic carbocycles. The predicted molar refractivity (Wildman–Crippen MR) is 84.0 cm³/mol. The monoisotopic (exact) mass is 272 g/mol. The lowest BCUT2D eigenvalue weighted by atomic mass is 9.98. The predicted octanol–water partition coefficient (Wildman–Crippen LogP) is 5.64. The summed E-state index contributed by atoms with van der Waals surface area (Å²) in [5, 5.41) is 0.0453. The molecule has 2 aromatic carbocycles. The van der Waals surface area contributed by atoms with Crippen molar-refractivity contribution in [2.24, 2.45) is 0 Å². The minimum absolute atomic E-state index is 0.0453. The fourth-order valence-electron chi connectivity index (χ4n) is 2.14. The van der Waals surface area contributed by atoms with Gasteiger partial charge in [-0.15, -0.1) is 11.6 Å². The second-order valence-electron chi connectivity index (χ2n) is 5.48. The van der Waals surface area contributed by atoms with Crippen molar-refractivity contribution in [3.63, 3.8) is 0 Å². The van der Waals surface area contributed by atoms with Gasteiger partial charge in [0, 0.05) is 0 Å². The highest BCUT2D eigenvalue weighted by molar-refractivity contribution is 6.20. The quantitative estimate of drug-likeness (QED) is 0.632. The van der Waals surface area contributed by atoms with Gasteiger partial charge in [-0.3, -0.25) is 0 Å². The summed E-state index contributed by atoms with van der Waals surface area (Å²) in [4.78, 5) is 0. The number of hydrogen-bond donors (Lipinski definition) is 0. The van der Waals surface area contributed by atoms with Gasteiger partial charge >= 0.3 is 0 Å². The molecule has 2 rings (SSSR count). The minimum Gasteiger partial charge on any atom is -0.117 e. The normalized spacial score (nSPS) is 12.7. The van der Waals surface area contributed by atoms with Crippen molar-refractivity contribution < 1.29 is 0 Å². The van der Waals surface area contributed by atoms with E-state index in [9.17, 15) is 0 Å². The van der Waals surface area contributed by atoms with Crippen molar-refractivity contribution in [3.8, 4) is 0 Å². The van der Waals surface area contributed by atoms with Crippen molar-refractivity contribution in [2.75, 3.05) is 0 Å². The van der Waals surface area contributed by atoms with Crippen molar-refractivity contribution >= 4 is 11.6 Å². The van der Waals surface area contributed by atoms with E-state index in [1.807, 2.05) is 0 Å². The van der Waals surface area contributed by atoms with Gasteiger partial charge in [0.1, 0.15) is 0 Å². The van der Waals surface area contributed by atoms with E-state index in [1.165, 1.54) is 22.3 Å². The van der Waals surface area contributed by atoms with Crippen molar-refractivity contribution in [1.82, 2.24) is 0 Å². The molecule has 0 aromatic heterocycles. The number of aryl methyl sites for hydroxylation is 1. The van der Waals surface area contributed by atoms with Crippen LogP contribution < -0.4 is 0 Å². The number of hydrogen-bond acceptors (Lipinski definition) is 0. The van der Waals surface area contributed by atoms with Crippen molar-refractivity contribution in [1.29, 1.82) is 0 Å². The Balaban J connectivity index is 2.07. The summed E-state index contributed by atoms with van der Waals surface area (Å²) in [6.45, 7) is 6.52. The highest BCUT2D eigenvalue weighted by Crippen LogP contribution is 2.26. The Kier molecular flexibility index (Phi) is 4.66. The van der Waals surface area contributed by atoms with Crippen LogP contribution in [0.2, 0.25) is 0 Å². The fourth-order valence-corrected chi connectivity index (χ4v) is 2.46. The maximum atomic E-state index is 6.51. The Morgan fingerprint density at radius 1 is 0.842 bits per heavy atom. The first kappa shape index (κ1) is 14.1. The molecule has 0 N–H and O–H groups in total. The van der Waals surface area contributed by atoms with Crippen molar-refractivity contribution in [2.45, 2.75) is 38.5 Å². The third-order valence-corrected chi connectivity index (χ3v) is 3.91. The zero-order valence-corrected chi connectivity index (χ0v) is 12.6. The molecule has 1 heteroatoms. The highest BCUT2D eigenvalue weighted by atomic mass is 35.5. The zero-order chi connectivity index (χ0) is 13.8. The molecule has 0 aliphatic rings. The van der Waals surface area contributed by atoms with E-state index >= 15 is 0 Å². The third-order valence-electron chi connectivity index (χ3n) is 3.50. The van der Waals surface area contributed by atoms with Gasteiger partial charge in [-0.2, -0.15) is 0 Å². The van der Waals surface area contributed by atoms with E-state index in [-0.39, 0.29) is 5.38 Å². The van der Waals surface area contributed by atoms with Gasteiger partial charge in [0.2, 0.25) is 0 Å². The molecule has 100 valence electrons. The van der Waals surface area contributed by atoms with Gasteiger partial charge in [0.05, 0.1) is 5.38 Å². The molecule has 1 atom stereocenters. The van der Waals surface area contributed by atoms with E-state index in [0.717, 1.165) is 6.42 Å². The first-order valence-electron chi connectivity index (χ1n) is 6.85. The molecule has 0 bridgehead atoms. The van der Waals surface area contributed by atoms with Crippen LogP contribution in [-0.4, -0.2) is 0 Å². The number of alkyl halides is 1. The van der Waals surface area contributed by atoms with Crippen LogP contribution in [0.5, 0.6) is 0 Å². The molecular weight excluding hydrogens is 252 g/mol. The first-order chi connectivity index (χ1) is 9.06. The zero-order valence-electron chi connectivity index (χ0n) is 11.9. The van der Waals surface area contributed by atoms with Crippen LogP contribution >= 0.6 is 11.6 Å². The lowest BCUT2D eigenvalue weighted by Crippen LogP contribution is -1.97. The molecule has 0 fully saturated rings. The van der Waals surface area contributed by atoms with Crippen LogP contribution in [0.3, 0.4) is 0 Å². The van der Waals surface area contributed by atoms with Gasteiger partial charge < -0.3 is 0 Å². The van der Waals surface area contributed by atoms with Gasteiger partial charge in [-0.1, -0.05) is 67.9 Å². The van der Waals surface area contributed by atoms with Crippen LogP contribution in [0.4, 0.5) is 0 Å². The summed E-state index contributed by atoms with van der Waals surface area (Å²) >= 11 is 6.51. The highest BCUT2D eigenvalue weighted by Gasteiger charge is 2.09. The number of rotatable bonds is 4. The molecule has 0 radical (unpaired) electrons. The molecular formula is C18H21Cl. The van der Waals surface area contributed by atoms with Gasteiger partial charge in [0.15, 0.2) is 0 Å².